The molecule has 10 rings (SSSR count). The zero-order valence-electron chi connectivity index (χ0n) is 29.4. The third-order valence-corrected chi connectivity index (χ3v) is 10.3. The fourth-order valence-electron chi connectivity index (χ4n) is 7.44. The van der Waals surface area contributed by atoms with Crippen LogP contribution in [0.5, 0.6) is 0 Å². The monoisotopic (exact) mass is 687 g/mol. The van der Waals surface area contributed by atoms with E-state index in [4.69, 9.17) is 15.0 Å². The maximum absolute atomic E-state index is 5.10. The highest BCUT2D eigenvalue weighted by atomic mass is 15.0. The molecule has 0 saturated carbocycles. The van der Waals surface area contributed by atoms with Crippen LogP contribution < -0.4 is 0 Å². The first-order valence-electron chi connectivity index (χ1n) is 18.3. The van der Waals surface area contributed by atoms with Crippen molar-refractivity contribution in [2.24, 2.45) is 0 Å². The van der Waals surface area contributed by atoms with E-state index in [1.165, 1.54) is 44.2 Å². The van der Waals surface area contributed by atoms with Crippen LogP contribution in [0.25, 0.3) is 99.9 Å². The highest BCUT2D eigenvalue weighted by Crippen LogP contribution is 2.38. The van der Waals surface area contributed by atoms with Crippen molar-refractivity contribution in [2.75, 3.05) is 0 Å². The van der Waals surface area contributed by atoms with Crippen LogP contribution in [-0.2, 0) is 0 Å². The van der Waals surface area contributed by atoms with Crippen molar-refractivity contribution in [1.82, 2.24) is 15.0 Å². The van der Waals surface area contributed by atoms with Gasteiger partial charge in [-0.05, 0) is 96.0 Å². The summed E-state index contributed by atoms with van der Waals surface area (Å²) in [6.45, 7) is 0. The zero-order valence-corrected chi connectivity index (χ0v) is 29.4. The molecular formula is C51H33N3. The molecule has 10 aromatic rings. The Balaban J connectivity index is 1.08. The predicted octanol–water partition coefficient (Wildman–Crippen LogP) is 13.3. The van der Waals surface area contributed by atoms with Gasteiger partial charge in [0.05, 0.1) is 0 Å². The third kappa shape index (κ3) is 5.98. The van der Waals surface area contributed by atoms with E-state index in [2.05, 4.69) is 200 Å². The number of benzene rings is 9. The molecule has 3 heteroatoms. The molecular weight excluding hydrogens is 655 g/mol. The molecule has 0 N–H and O–H groups in total. The highest BCUT2D eigenvalue weighted by Gasteiger charge is 2.15. The molecule has 0 amide bonds. The van der Waals surface area contributed by atoms with Crippen LogP contribution in [-0.4, -0.2) is 15.0 Å². The summed E-state index contributed by atoms with van der Waals surface area (Å²) in [5.74, 6) is 1.94. The fraction of sp³-hybridized carbons (Fsp3) is 0. The van der Waals surface area contributed by atoms with E-state index >= 15 is 0 Å². The summed E-state index contributed by atoms with van der Waals surface area (Å²) in [4.78, 5) is 15.3. The van der Waals surface area contributed by atoms with Crippen LogP contribution in [0.2, 0.25) is 0 Å². The summed E-state index contributed by atoms with van der Waals surface area (Å²) < 4.78 is 0. The SMILES string of the molecule is c1ccc(-c2ccc(-c3ccc4cc(-c5nc(-c6ccc7ccccc7c6)nc(-c6ccc7ccccc7c6)n5)ccc4c3)c(-c3ccccc3)c2)cc1. The van der Waals surface area contributed by atoms with Crippen LogP contribution >= 0.6 is 0 Å². The van der Waals surface area contributed by atoms with Crippen molar-refractivity contribution in [3.8, 4) is 67.5 Å². The van der Waals surface area contributed by atoms with E-state index in [1.807, 2.05) is 0 Å². The maximum Gasteiger partial charge on any atom is 0.164 e. The van der Waals surface area contributed by atoms with Gasteiger partial charge in [-0.1, -0.05) is 170 Å². The molecule has 0 aliphatic heterocycles. The van der Waals surface area contributed by atoms with E-state index in [1.54, 1.807) is 0 Å². The Bertz CT molecular complexity index is 2890. The van der Waals surface area contributed by atoms with Crippen molar-refractivity contribution in [2.45, 2.75) is 0 Å². The van der Waals surface area contributed by atoms with Crippen molar-refractivity contribution >= 4 is 32.3 Å². The molecule has 0 bridgehead atoms. The lowest BCUT2D eigenvalue weighted by molar-refractivity contribution is 1.08. The van der Waals surface area contributed by atoms with Gasteiger partial charge in [0.25, 0.3) is 0 Å². The van der Waals surface area contributed by atoms with Crippen molar-refractivity contribution < 1.29 is 0 Å². The Hall–Kier alpha value is -7.23. The number of hydrogen-bond acceptors (Lipinski definition) is 3. The summed E-state index contributed by atoms with van der Waals surface area (Å²) >= 11 is 0. The Morgan fingerprint density at radius 1 is 0.204 bits per heavy atom. The molecule has 0 aliphatic carbocycles. The second-order valence-electron chi connectivity index (χ2n) is 13.7. The standard InChI is InChI=1S/C51H33N3/c1-3-11-34(12-4-1)42-27-28-47(48(33-42)37-15-5-2-6-16-37)43-23-21-41-32-46(26-22-40(41)29-43)51-53-49(44-24-19-35-13-7-9-17-38(35)30-44)52-50(54-51)45-25-20-36-14-8-10-18-39(36)31-45/h1-33H. The average Bonchev–Trinajstić information content (AvgIpc) is 3.26. The molecule has 1 heterocycles. The molecule has 0 unspecified atom stereocenters. The minimum absolute atomic E-state index is 0.644. The van der Waals surface area contributed by atoms with Gasteiger partial charge in [-0.3, -0.25) is 0 Å². The van der Waals surface area contributed by atoms with E-state index in [0.717, 1.165) is 38.2 Å². The highest BCUT2D eigenvalue weighted by molar-refractivity contribution is 5.95. The maximum atomic E-state index is 5.10. The molecule has 0 fully saturated rings. The average molecular weight is 688 g/mol. The van der Waals surface area contributed by atoms with E-state index < -0.39 is 0 Å². The van der Waals surface area contributed by atoms with Crippen LogP contribution in [0.4, 0.5) is 0 Å². The first-order valence-corrected chi connectivity index (χ1v) is 18.3. The molecule has 3 nitrogen and oxygen atoms in total. The van der Waals surface area contributed by atoms with Crippen molar-refractivity contribution in [3.05, 3.63) is 200 Å². The Labute approximate surface area is 313 Å². The molecule has 54 heavy (non-hydrogen) atoms. The molecule has 0 aliphatic rings. The summed E-state index contributed by atoms with van der Waals surface area (Å²) in [6.07, 6.45) is 0. The van der Waals surface area contributed by atoms with Gasteiger partial charge in [0.2, 0.25) is 0 Å². The summed E-state index contributed by atoms with van der Waals surface area (Å²) in [6, 6.07) is 70.8. The van der Waals surface area contributed by atoms with E-state index in [0.29, 0.717) is 17.5 Å². The Morgan fingerprint density at radius 3 is 1.09 bits per heavy atom. The molecule has 0 radical (unpaired) electrons. The Kier molecular flexibility index (Phi) is 7.81. The van der Waals surface area contributed by atoms with Crippen LogP contribution in [0.15, 0.2) is 200 Å². The molecule has 1 aromatic heterocycles. The molecule has 9 aromatic carbocycles. The topological polar surface area (TPSA) is 38.7 Å². The van der Waals surface area contributed by atoms with Gasteiger partial charge in [0.15, 0.2) is 17.5 Å². The minimum atomic E-state index is 0.644. The predicted molar refractivity (Wildman–Crippen MR) is 225 cm³/mol. The van der Waals surface area contributed by atoms with Gasteiger partial charge in [-0.2, -0.15) is 0 Å². The smallest absolute Gasteiger partial charge is 0.164 e. The quantitative estimate of drug-likeness (QED) is 0.175. The summed E-state index contributed by atoms with van der Waals surface area (Å²) in [5, 5.41) is 6.94. The number of rotatable bonds is 6. The molecule has 0 atom stereocenters. The first-order chi connectivity index (χ1) is 26.7. The lowest BCUT2D eigenvalue weighted by atomic mass is 9.90. The largest absolute Gasteiger partial charge is 0.208 e. The fourth-order valence-corrected chi connectivity index (χ4v) is 7.44. The second-order valence-corrected chi connectivity index (χ2v) is 13.7. The van der Waals surface area contributed by atoms with Gasteiger partial charge >= 0.3 is 0 Å². The van der Waals surface area contributed by atoms with Gasteiger partial charge in [-0.25, -0.2) is 15.0 Å². The first kappa shape index (κ1) is 31.5. The number of nitrogens with zero attached hydrogens (tertiary/aromatic N) is 3. The minimum Gasteiger partial charge on any atom is -0.208 e. The van der Waals surface area contributed by atoms with Gasteiger partial charge in [0, 0.05) is 16.7 Å². The van der Waals surface area contributed by atoms with Crippen molar-refractivity contribution in [3.63, 3.8) is 0 Å². The molecule has 0 saturated heterocycles. The Morgan fingerprint density at radius 2 is 0.574 bits per heavy atom. The third-order valence-electron chi connectivity index (χ3n) is 10.3. The van der Waals surface area contributed by atoms with Gasteiger partial charge in [0.1, 0.15) is 0 Å². The van der Waals surface area contributed by atoms with Gasteiger partial charge in [-0.15, -0.1) is 0 Å². The lowest BCUT2D eigenvalue weighted by Gasteiger charge is -2.14. The van der Waals surface area contributed by atoms with Crippen LogP contribution in [0.3, 0.4) is 0 Å². The zero-order chi connectivity index (χ0) is 35.8. The molecule has 0 spiro atoms. The number of aromatic nitrogens is 3. The molecule has 252 valence electrons. The number of fused-ring (bicyclic) bond motifs is 3. The van der Waals surface area contributed by atoms with Crippen LogP contribution in [0.1, 0.15) is 0 Å². The van der Waals surface area contributed by atoms with E-state index in [9.17, 15) is 0 Å². The summed E-state index contributed by atoms with van der Waals surface area (Å²) in [7, 11) is 0. The van der Waals surface area contributed by atoms with E-state index in [-0.39, 0.29) is 0 Å². The summed E-state index contributed by atoms with van der Waals surface area (Å²) in [5.41, 5.74) is 10.0. The normalized spacial score (nSPS) is 11.3. The second kappa shape index (κ2) is 13.4. The lowest BCUT2D eigenvalue weighted by Crippen LogP contribution is -2.00. The van der Waals surface area contributed by atoms with Crippen molar-refractivity contribution in [1.29, 1.82) is 0 Å². The van der Waals surface area contributed by atoms with Gasteiger partial charge < -0.3 is 0 Å². The number of hydrogen-bond donors (Lipinski definition) is 0. The van der Waals surface area contributed by atoms with Crippen LogP contribution in [0, 0.1) is 0 Å².